The Hall–Kier alpha value is -1.37. The van der Waals surface area contributed by atoms with Crippen LogP contribution in [-0.2, 0) is 20.9 Å². The number of esters is 1. The number of aryl methyl sites for hydroxylation is 1. The van der Waals surface area contributed by atoms with Crippen LogP contribution in [-0.4, -0.2) is 35.3 Å². The number of aromatic nitrogens is 2. The van der Waals surface area contributed by atoms with Crippen LogP contribution < -0.4 is 5.32 Å². The summed E-state index contributed by atoms with van der Waals surface area (Å²) in [5, 5.41) is 6.56. The molecule has 0 atom stereocenters. The van der Waals surface area contributed by atoms with E-state index in [2.05, 4.69) is 31.1 Å². The van der Waals surface area contributed by atoms with Gasteiger partial charge >= 0.3 is 5.97 Å². The number of hydrogen-bond acceptors (Lipinski definition) is 4. The second-order valence-electron chi connectivity index (χ2n) is 3.40. The van der Waals surface area contributed by atoms with Gasteiger partial charge < -0.3 is 10.1 Å². The van der Waals surface area contributed by atoms with Gasteiger partial charge in [0.2, 0.25) is 5.91 Å². The summed E-state index contributed by atoms with van der Waals surface area (Å²) in [7, 11) is 1.28. The van der Waals surface area contributed by atoms with Crippen molar-refractivity contribution in [3.63, 3.8) is 0 Å². The van der Waals surface area contributed by atoms with E-state index in [-0.39, 0.29) is 18.9 Å². The number of carbonyl (C=O) groups excluding carboxylic acids is 2. The van der Waals surface area contributed by atoms with Crippen molar-refractivity contribution in [1.82, 2.24) is 15.1 Å². The third-order valence-electron chi connectivity index (χ3n) is 2.25. The molecule has 0 spiro atoms. The predicted molar refractivity (Wildman–Crippen MR) is 64.3 cm³/mol. The molecule has 94 valence electrons. The Morgan fingerprint density at radius 1 is 1.59 bits per heavy atom. The summed E-state index contributed by atoms with van der Waals surface area (Å²) >= 11 is 3.34. The van der Waals surface area contributed by atoms with Crippen LogP contribution in [0.4, 0.5) is 0 Å². The van der Waals surface area contributed by atoms with Crippen LogP contribution in [0, 0.1) is 6.92 Å². The van der Waals surface area contributed by atoms with Gasteiger partial charge in [0.15, 0.2) is 0 Å². The van der Waals surface area contributed by atoms with E-state index in [1.165, 1.54) is 7.11 Å². The van der Waals surface area contributed by atoms with Crippen molar-refractivity contribution in [1.29, 1.82) is 0 Å². The highest BCUT2D eigenvalue weighted by molar-refractivity contribution is 9.10. The Kier molecular flexibility index (Phi) is 5.14. The number of halogens is 1. The molecule has 1 N–H and O–H groups in total. The second-order valence-corrected chi connectivity index (χ2v) is 4.26. The number of methoxy groups -OCH3 is 1. The first-order valence-corrected chi connectivity index (χ1v) is 5.85. The third kappa shape index (κ3) is 4.18. The van der Waals surface area contributed by atoms with Crippen molar-refractivity contribution < 1.29 is 14.3 Å². The van der Waals surface area contributed by atoms with Gasteiger partial charge in [-0.05, 0) is 22.9 Å². The lowest BCUT2D eigenvalue weighted by Gasteiger charge is -2.05. The predicted octanol–water partition coefficient (Wildman–Crippen LogP) is 0.633. The fourth-order valence-corrected chi connectivity index (χ4v) is 1.48. The van der Waals surface area contributed by atoms with Crippen LogP contribution in [0.1, 0.15) is 12.1 Å². The van der Waals surface area contributed by atoms with Crippen LogP contribution in [0.3, 0.4) is 0 Å². The van der Waals surface area contributed by atoms with E-state index in [0.717, 1.165) is 10.2 Å². The van der Waals surface area contributed by atoms with Crippen LogP contribution in [0.5, 0.6) is 0 Å². The first-order valence-electron chi connectivity index (χ1n) is 5.06. The van der Waals surface area contributed by atoms with Crippen LogP contribution in [0.25, 0.3) is 0 Å². The van der Waals surface area contributed by atoms with Gasteiger partial charge in [-0.3, -0.25) is 14.3 Å². The molecule has 0 aromatic carbocycles. The molecule has 0 aliphatic carbocycles. The lowest BCUT2D eigenvalue weighted by molar-refractivity contribution is -0.141. The molecule has 7 heteroatoms. The van der Waals surface area contributed by atoms with Crippen LogP contribution in [0.2, 0.25) is 0 Å². The van der Waals surface area contributed by atoms with Gasteiger partial charge in [-0.2, -0.15) is 5.10 Å². The van der Waals surface area contributed by atoms with Gasteiger partial charge in [-0.15, -0.1) is 0 Å². The van der Waals surface area contributed by atoms with Gasteiger partial charge in [0.05, 0.1) is 17.8 Å². The molecule has 1 amide bonds. The highest BCUT2D eigenvalue weighted by Gasteiger charge is 2.08. The molecule has 0 aliphatic rings. The molecule has 1 aromatic rings. The van der Waals surface area contributed by atoms with Gasteiger partial charge in [0.1, 0.15) is 6.54 Å². The summed E-state index contributed by atoms with van der Waals surface area (Å²) in [4.78, 5) is 22.2. The quantitative estimate of drug-likeness (QED) is 0.810. The average Bonchev–Trinajstić information content (AvgIpc) is 2.64. The number of ether oxygens (including phenoxy) is 1. The van der Waals surface area contributed by atoms with Gasteiger partial charge in [-0.1, -0.05) is 0 Å². The fraction of sp³-hybridized carbons (Fsp3) is 0.500. The maximum atomic E-state index is 11.4. The van der Waals surface area contributed by atoms with E-state index in [9.17, 15) is 9.59 Å². The van der Waals surface area contributed by atoms with E-state index in [4.69, 9.17) is 0 Å². The zero-order valence-corrected chi connectivity index (χ0v) is 11.3. The van der Waals surface area contributed by atoms with E-state index >= 15 is 0 Å². The Balaban J connectivity index is 2.33. The highest BCUT2D eigenvalue weighted by Crippen LogP contribution is 2.14. The molecule has 0 radical (unpaired) electrons. The van der Waals surface area contributed by atoms with Crippen molar-refractivity contribution in [3.05, 3.63) is 16.4 Å². The van der Waals surface area contributed by atoms with Crippen molar-refractivity contribution in [2.75, 3.05) is 13.7 Å². The minimum atomic E-state index is -0.462. The Labute approximate surface area is 107 Å². The monoisotopic (exact) mass is 303 g/mol. The van der Waals surface area contributed by atoms with Crippen molar-refractivity contribution in [2.24, 2.45) is 0 Å². The molecule has 0 fully saturated rings. The molecule has 0 saturated heterocycles. The molecule has 0 saturated carbocycles. The number of carbonyl (C=O) groups is 2. The SMILES string of the molecule is COC(=O)CNC(=O)CCn1ncc(Br)c1C. The molecule has 1 rings (SSSR count). The number of hydrogen-bond donors (Lipinski definition) is 1. The topological polar surface area (TPSA) is 73.2 Å². The normalized spacial score (nSPS) is 10.1. The minimum Gasteiger partial charge on any atom is -0.468 e. The fourth-order valence-electron chi connectivity index (χ4n) is 1.19. The minimum absolute atomic E-state index is 0.100. The Morgan fingerprint density at radius 3 is 2.82 bits per heavy atom. The molecule has 0 unspecified atom stereocenters. The van der Waals surface area contributed by atoms with Gasteiger partial charge in [0, 0.05) is 18.7 Å². The summed E-state index contributed by atoms with van der Waals surface area (Å²) in [6, 6.07) is 0. The molecule has 1 aromatic heterocycles. The van der Waals surface area contributed by atoms with Crippen LogP contribution >= 0.6 is 15.9 Å². The number of rotatable bonds is 5. The molecule has 17 heavy (non-hydrogen) atoms. The zero-order valence-electron chi connectivity index (χ0n) is 9.70. The largest absolute Gasteiger partial charge is 0.468 e. The van der Waals surface area contributed by atoms with E-state index < -0.39 is 5.97 Å². The summed E-state index contributed by atoms with van der Waals surface area (Å²) < 4.78 is 7.04. The van der Waals surface area contributed by atoms with Crippen LogP contribution in [0.15, 0.2) is 10.7 Å². The Bertz CT molecular complexity index is 417. The number of amides is 1. The maximum absolute atomic E-state index is 11.4. The summed E-state index contributed by atoms with van der Waals surface area (Å²) in [5.41, 5.74) is 0.964. The van der Waals surface area contributed by atoms with Crippen molar-refractivity contribution >= 4 is 27.8 Å². The molecule has 0 aliphatic heterocycles. The van der Waals surface area contributed by atoms with Crippen molar-refractivity contribution in [3.8, 4) is 0 Å². The van der Waals surface area contributed by atoms with Crippen molar-refractivity contribution in [2.45, 2.75) is 19.9 Å². The van der Waals surface area contributed by atoms with E-state index in [1.807, 2.05) is 6.92 Å². The summed E-state index contributed by atoms with van der Waals surface area (Å²) in [6.07, 6.45) is 1.95. The van der Waals surface area contributed by atoms with E-state index in [0.29, 0.717) is 6.54 Å². The standard InChI is InChI=1S/C10H14BrN3O3/c1-7-8(11)5-13-14(7)4-3-9(15)12-6-10(16)17-2/h5H,3-4,6H2,1-2H3,(H,12,15). The van der Waals surface area contributed by atoms with Gasteiger partial charge in [-0.25, -0.2) is 0 Å². The number of nitrogens with zero attached hydrogens (tertiary/aromatic N) is 2. The molecular weight excluding hydrogens is 290 g/mol. The first kappa shape index (κ1) is 13.7. The molecule has 6 nitrogen and oxygen atoms in total. The molecule has 0 bridgehead atoms. The molecule has 1 heterocycles. The zero-order chi connectivity index (χ0) is 12.8. The number of nitrogens with one attached hydrogen (secondary N) is 1. The maximum Gasteiger partial charge on any atom is 0.325 e. The lowest BCUT2D eigenvalue weighted by Crippen LogP contribution is -2.30. The van der Waals surface area contributed by atoms with Gasteiger partial charge in [0.25, 0.3) is 0 Å². The smallest absolute Gasteiger partial charge is 0.325 e. The first-order chi connectivity index (χ1) is 8.04. The Morgan fingerprint density at radius 2 is 2.29 bits per heavy atom. The highest BCUT2D eigenvalue weighted by atomic mass is 79.9. The second kappa shape index (κ2) is 6.39. The summed E-state index contributed by atoms with van der Waals surface area (Å²) in [5.74, 6) is -0.669. The molecular formula is C10H14BrN3O3. The average molecular weight is 304 g/mol. The van der Waals surface area contributed by atoms with E-state index in [1.54, 1.807) is 10.9 Å². The summed E-state index contributed by atoms with van der Waals surface area (Å²) in [6.45, 7) is 2.28. The lowest BCUT2D eigenvalue weighted by atomic mass is 10.4. The third-order valence-corrected chi connectivity index (χ3v) is 3.03.